The van der Waals surface area contributed by atoms with Crippen LogP contribution in [0, 0.1) is 11.3 Å². The summed E-state index contributed by atoms with van der Waals surface area (Å²) < 4.78 is 12.5. The predicted molar refractivity (Wildman–Crippen MR) is 84.8 cm³/mol. The Balaban J connectivity index is 1.86. The predicted octanol–water partition coefficient (Wildman–Crippen LogP) is 3.79. The summed E-state index contributed by atoms with van der Waals surface area (Å²) in [5.74, 6) is 1.40. The number of hydrogen-bond donors (Lipinski definition) is 0. The van der Waals surface area contributed by atoms with E-state index in [2.05, 4.69) is 11.2 Å². The Kier molecular flexibility index (Phi) is 3.18. The fraction of sp³-hybridized carbons (Fsp3) is 0.0588. The molecule has 0 N–H and O–H groups in total. The minimum atomic E-state index is 0.221. The largest absolute Gasteiger partial charge is 0.454 e. The SMILES string of the molecule is N#Cc1cc(-c2ccc3c(c2)OCO3)n(-c2ccc(Cl)cc2)n1. The number of rotatable bonds is 2. The lowest BCUT2D eigenvalue weighted by molar-refractivity contribution is 0.174. The van der Waals surface area contributed by atoms with Crippen molar-refractivity contribution in [3.8, 4) is 34.5 Å². The van der Waals surface area contributed by atoms with Crippen LogP contribution in [-0.4, -0.2) is 16.6 Å². The molecule has 0 saturated carbocycles. The number of halogens is 1. The van der Waals surface area contributed by atoms with E-state index in [0.717, 1.165) is 16.9 Å². The summed E-state index contributed by atoms with van der Waals surface area (Å²) in [6.07, 6.45) is 0. The molecular formula is C17H10ClN3O2. The molecule has 0 atom stereocenters. The number of benzene rings is 2. The van der Waals surface area contributed by atoms with Crippen LogP contribution in [0.25, 0.3) is 16.9 Å². The summed E-state index contributed by atoms with van der Waals surface area (Å²) in [5.41, 5.74) is 2.84. The first kappa shape index (κ1) is 13.7. The van der Waals surface area contributed by atoms with E-state index in [4.69, 9.17) is 21.1 Å². The Morgan fingerprint density at radius 2 is 1.83 bits per heavy atom. The summed E-state index contributed by atoms with van der Waals surface area (Å²) in [5, 5.41) is 14.2. The van der Waals surface area contributed by atoms with E-state index < -0.39 is 0 Å². The molecule has 0 amide bonds. The van der Waals surface area contributed by atoms with Crippen molar-refractivity contribution in [2.75, 3.05) is 6.79 Å². The minimum Gasteiger partial charge on any atom is -0.454 e. The maximum absolute atomic E-state index is 9.18. The number of fused-ring (bicyclic) bond motifs is 1. The van der Waals surface area contributed by atoms with Crippen LogP contribution in [0.15, 0.2) is 48.5 Å². The molecule has 3 aromatic rings. The molecule has 112 valence electrons. The van der Waals surface area contributed by atoms with Crippen molar-refractivity contribution < 1.29 is 9.47 Å². The second kappa shape index (κ2) is 5.34. The van der Waals surface area contributed by atoms with Gasteiger partial charge in [-0.1, -0.05) is 11.6 Å². The van der Waals surface area contributed by atoms with Crippen LogP contribution in [0.1, 0.15) is 5.69 Å². The molecule has 4 rings (SSSR count). The standard InChI is InChI=1S/C17H10ClN3O2/c18-12-2-4-14(5-3-12)21-15(8-13(9-19)20-21)11-1-6-16-17(7-11)23-10-22-16/h1-8H,10H2. The van der Waals surface area contributed by atoms with E-state index in [9.17, 15) is 5.26 Å². The highest BCUT2D eigenvalue weighted by atomic mass is 35.5. The second-order valence-corrected chi connectivity index (χ2v) is 5.42. The first-order chi connectivity index (χ1) is 11.2. The third-order valence-corrected chi connectivity index (χ3v) is 3.82. The number of hydrogen-bond acceptors (Lipinski definition) is 4. The van der Waals surface area contributed by atoms with Crippen molar-refractivity contribution in [3.05, 3.63) is 59.2 Å². The van der Waals surface area contributed by atoms with Gasteiger partial charge in [-0.15, -0.1) is 0 Å². The molecule has 1 aliphatic heterocycles. The quantitative estimate of drug-likeness (QED) is 0.720. The molecule has 5 nitrogen and oxygen atoms in total. The monoisotopic (exact) mass is 323 g/mol. The van der Waals surface area contributed by atoms with Gasteiger partial charge >= 0.3 is 0 Å². The molecule has 0 spiro atoms. The average Bonchev–Trinajstić information content (AvgIpc) is 3.21. The van der Waals surface area contributed by atoms with E-state index in [1.54, 1.807) is 22.9 Å². The van der Waals surface area contributed by atoms with E-state index in [1.165, 1.54) is 0 Å². The van der Waals surface area contributed by atoms with Gasteiger partial charge in [-0.2, -0.15) is 10.4 Å². The van der Waals surface area contributed by atoms with Gasteiger partial charge in [0.25, 0.3) is 0 Å². The molecule has 0 unspecified atom stereocenters. The van der Waals surface area contributed by atoms with Crippen molar-refractivity contribution in [1.29, 1.82) is 5.26 Å². The molecule has 2 aromatic carbocycles. The number of nitriles is 1. The van der Waals surface area contributed by atoms with E-state index in [1.807, 2.05) is 30.3 Å². The third-order valence-electron chi connectivity index (χ3n) is 3.56. The van der Waals surface area contributed by atoms with Crippen molar-refractivity contribution >= 4 is 11.6 Å². The minimum absolute atomic E-state index is 0.221. The lowest BCUT2D eigenvalue weighted by atomic mass is 10.1. The van der Waals surface area contributed by atoms with Crippen LogP contribution in [0.3, 0.4) is 0 Å². The highest BCUT2D eigenvalue weighted by Crippen LogP contribution is 2.36. The summed E-state index contributed by atoms with van der Waals surface area (Å²) in [4.78, 5) is 0. The lowest BCUT2D eigenvalue weighted by Gasteiger charge is -2.08. The smallest absolute Gasteiger partial charge is 0.231 e. The van der Waals surface area contributed by atoms with E-state index >= 15 is 0 Å². The normalized spacial score (nSPS) is 12.2. The Morgan fingerprint density at radius 3 is 2.61 bits per heavy atom. The van der Waals surface area contributed by atoms with Gasteiger partial charge in [-0.3, -0.25) is 0 Å². The van der Waals surface area contributed by atoms with Crippen LogP contribution in [-0.2, 0) is 0 Å². The van der Waals surface area contributed by atoms with Gasteiger partial charge in [0.1, 0.15) is 6.07 Å². The van der Waals surface area contributed by atoms with E-state index in [-0.39, 0.29) is 6.79 Å². The molecule has 0 bridgehead atoms. The maximum atomic E-state index is 9.18. The Morgan fingerprint density at radius 1 is 1.04 bits per heavy atom. The molecule has 1 aliphatic rings. The van der Waals surface area contributed by atoms with E-state index in [0.29, 0.717) is 22.2 Å². The molecular weight excluding hydrogens is 314 g/mol. The third kappa shape index (κ3) is 2.39. The first-order valence-corrected chi connectivity index (χ1v) is 7.28. The molecule has 0 saturated heterocycles. The molecule has 6 heteroatoms. The van der Waals surface area contributed by atoms with Gasteiger partial charge in [-0.05, 0) is 42.5 Å². The zero-order chi connectivity index (χ0) is 15.8. The van der Waals surface area contributed by atoms with Crippen LogP contribution in [0.2, 0.25) is 5.02 Å². The fourth-order valence-electron chi connectivity index (χ4n) is 2.48. The summed E-state index contributed by atoms with van der Waals surface area (Å²) in [7, 11) is 0. The molecule has 0 radical (unpaired) electrons. The van der Waals surface area contributed by atoms with Crippen molar-refractivity contribution in [2.45, 2.75) is 0 Å². The number of ether oxygens (including phenoxy) is 2. The summed E-state index contributed by atoms with van der Waals surface area (Å²) in [6, 6.07) is 16.7. The van der Waals surface area contributed by atoms with Gasteiger partial charge in [-0.25, -0.2) is 4.68 Å². The first-order valence-electron chi connectivity index (χ1n) is 6.91. The van der Waals surface area contributed by atoms with Gasteiger partial charge in [0.2, 0.25) is 6.79 Å². The second-order valence-electron chi connectivity index (χ2n) is 4.98. The summed E-state index contributed by atoms with van der Waals surface area (Å²) >= 11 is 5.94. The van der Waals surface area contributed by atoms with Crippen molar-refractivity contribution in [3.63, 3.8) is 0 Å². The fourth-order valence-corrected chi connectivity index (χ4v) is 2.60. The van der Waals surface area contributed by atoms with Gasteiger partial charge in [0, 0.05) is 16.7 Å². The van der Waals surface area contributed by atoms with Crippen LogP contribution in [0.5, 0.6) is 11.5 Å². The maximum Gasteiger partial charge on any atom is 0.231 e. The van der Waals surface area contributed by atoms with Crippen LogP contribution >= 0.6 is 11.6 Å². The molecule has 0 fully saturated rings. The average molecular weight is 324 g/mol. The zero-order valence-electron chi connectivity index (χ0n) is 11.9. The van der Waals surface area contributed by atoms with Crippen molar-refractivity contribution in [1.82, 2.24) is 9.78 Å². The summed E-state index contributed by atoms with van der Waals surface area (Å²) in [6.45, 7) is 0.221. The highest BCUT2D eigenvalue weighted by Gasteiger charge is 2.17. The van der Waals surface area contributed by atoms with Crippen LogP contribution in [0.4, 0.5) is 0 Å². The van der Waals surface area contributed by atoms with Crippen LogP contribution < -0.4 is 9.47 Å². The lowest BCUT2D eigenvalue weighted by Crippen LogP contribution is -1.99. The molecule has 2 heterocycles. The van der Waals surface area contributed by atoms with Gasteiger partial charge in [0.05, 0.1) is 11.4 Å². The van der Waals surface area contributed by atoms with Gasteiger partial charge in [0.15, 0.2) is 17.2 Å². The molecule has 1 aromatic heterocycles. The highest BCUT2D eigenvalue weighted by molar-refractivity contribution is 6.30. The molecule has 0 aliphatic carbocycles. The topological polar surface area (TPSA) is 60.1 Å². The Hall–Kier alpha value is -2.97. The number of aromatic nitrogens is 2. The zero-order valence-corrected chi connectivity index (χ0v) is 12.6. The molecule has 23 heavy (non-hydrogen) atoms. The Labute approximate surface area is 137 Å². The Bertz CT molecular complexity index is 926. The van der Waals surface area contributed by atoms with Crippen molar-refractivity contribution in [2.24, 2.45) is 0 Å². The number of nitrogens with zero attached hydrogens (tertiary/aromatic N) is 3. The van der Waals surface area contributed by atoms with Gasteiger partial charge < -0.3 is 9.47 Å².